The summed E-state index contributed by atoms with van der Waals surface area (Å²) in [7, 11) is 0. The highest BCUT2D eigenvalue weighted by Crippen LogP contribution is 2.20. The maximum atomic E-state index is 8.71. The molecule has 0 aliphatic carbocycles. The molecule has 0 aliphatic heterocycles. The van der Waals surface area contributed by atoms with Crippen LogP contribution in [0, 0.1) is 0 Å². The number of hydrogen-bond acceptors (Lipinski definition) is 3. The first-order valence-electron chi connectivity index (χ1n) is 6.21. The number of ether oxygens (including phenoxy) is 1. The molecule has 0 aromatic heterocycles. The molecule has 0 bridgehead atoms. The summed E-state index contributed by atoms with van der Waals surface area (Å²) < 4.78 is 5.63. The second-order valence-electron chi connectivity index (χ2n) is 4.49. The number of aliphatic hydroxyl groups excluding tert-OH is 1. The van der Waals surface area contributed by atoms with Gasteiger partial charge in [-0.05, 0) is 23.5 Å². The Morgan fingerprint density at radius 1 is 1.18 bits per heavy atom. The van der Waals surface area contributed by atoms with Crippen LogP contribution in [0.2, 0.25) is 0 Å². The Hall–Kier alpha value is -0.900. The minimum atomic E-state index is -0.0669. The molecule has 0 radical (unpaired) electrons. The fourth-order valence-electron chi connectivity index (χ4n) is 1.69. The number of hydrogen-bond donors (Lipinski definition) is 2. The zero-order chi connectivity index (χ0) is 12.7. The van der Waals surface area contributed by atoms with Crippen molar-refractivity contribution in [3.63, 3.8) is 0 Å². The molecule has 1 aromatic carbocycles. The van der Waals surface area contributed by atoms with Crippen molar-refractivity contribution < 1.29 is 9.84 Å². The molecule has 1 unspecified atom stereocenters. The topological polar surface area (TPSA) is 55.5 Å². The molecule has 0 saturated heterocycles. The van der Waals surface area contributed by atoms with Crippen molar-refractivity contribution in [2.45, 2.75) is 32.3 Å². The number of aliphatic hydroxyl groups is 1. The average molecular weight is 237 g/mol. The summed E-state index contributed by atoms with van der Waals surface area (Å²) >= 11 is 0. The van der Waals surface area contributed by atoms with E-state index in [0.29, 0.717) is 25.5 Å². The zero-order valence-electron chi connectivity index (χ0n) is 10.7. The summed E-state index contributed by atoms with van der Waals surface area (Å²) in [6.45, 7) is 5.51. The Morgan fingerprint density at radius 3 is 2.24 bits per heavy atom. The molecule has 1 rings (SSSR count). The molecular weight excluding hydrogens is 214 g/mol. The van der Waals surface area contributed by atoms with E-state index in [1.807, 2.05) is 0 Å². The molecule has 0 fully saturated rings. The first kappa shape index (κ1) is 14.2. The van der Waals surface area contributed by atoms with E-state index in [2.05, 4.69) is 38.1 Å². The standard InChI is InChI=1S/C14H23NO2/c1-11(2)12-4-6-13(7-5-12)14(10-15)17-9-3-8-16/h4-7,11,14,16H,3,8-10,15H2,1-2H3. The molecule has 17 heavy (non-hydrogen) atoms. The minimum Gasteiger partial charge on any atom is -0.396 e. The predicted octanol–water partition coefficient (Wildman–Crippen LogP) is 2.21. The smallest absolute Gasteiger partial charge is 0.0947 e. The Balaban J connectivity index is 2.62. The van der Waals surface area contributed by atoms with Gasteiger partial charge in [0.1, 0.15) is 0 Å². The first-order valence-corrected chi connectivity index (χ1v) is 6.21. The molecule has 1 aromatic rings. The molecular formula is C14H23NO2. The summed E-state index contributed by atoms with van der Waals surface area (Å²) in [6.07, 6.45) is 0.586. The van der Waals surface area contributed by atoms with E-state index in [0.717, 1.165) is 5.56 Å². The average Bonchev–Trinajstić information content (AvgIpc) is 2.35. The van der Waals surface area contributed by atoms with Crippen LogP contribution >= 0.6 is 0 Å². The van der Waals surface area contributed by atoms with Crippen LogP contribution in [-0.2, 0) is 4.74 Å². The second kappa shape index (κ2) is 7.43. The summed E-state index contributed by atoms with van der Waals surface area (Å²) in [5.74, 6) is 0.538. The Labute approximate surface area is 104 Å². The zero-order valence-corrected chi connectivity index (χ0v) is 10.7. The van der Waals surface area contributed by atoms with Crippen LogP contribution in [0.25, 0.3) is 0 Å². The van der Waals surface area contributed by atoms with Gasteiger partial charge in [0, 0.05) is 19.8 Å². The van der Waals surface area contributed by atoms with Gasteiger partial charge in [-0.1, -0.05) is 38.1 Å². The highest BCUT2D eigenvalue weighted by molar-refractivity contribution is 5.26. The lowest BCUT2D eigenvalue weighted by molar-refractivity contribution is 0.0488. The molecule has 0 amide bonds. The number of benzene rings is 1. The van der Waals surface area contributed by atoms with E-state index < -0.39 is 0 Å². The van der Waals surface area contributed by atoms with Gasteiger partial charge in [-0.25, -0.2) is 0 Å². The van der Waals surface area contributed by atoms with E-state index in [1.165, 1.54) is 5.56 Å². The van der Waals surface area contributed by atoms with E-state index in [4.69, 9.17) is 15.6 Å². The highest BCUT2D eigenvalue weighted by Gasteiger charge is 2.10. The SMILES string of the molecule is CC(C)c1ccc(C(CN)OCCCO)cc1. The summed E-state index contributed by atoms with van der Waals surface area (Å²) in [5, 5.41) is 8.71. The molecule has 0 spiro atoms. The molecule has 0 aliphatic rings. The van der Waals surface area contributed by atoms with E-state index in [1.54, 1.807) is 0 Å². The van der Waals surface area contributed by atoms with Gasteiger partial charge in [-0.3, -0.25) is 0 Å². The van der Waals surface area contributed by atoms with Crippen LogP contribution in [0.3, 0.4) is 0 Å². The fourth-order valence-corrected chi connectivity index (χ4v) is 1.69. The van der Waals surface area contributed by atoms with Gasteiger partial charge in [0.05, 0.1) is 6.10 Å². The van der Waals surface area contributed by atoms with E-state index >= 15 is 0 Å². The van der Waals surface area contributed by atoms with Crippen molar-refractivity contribution >= 4 is 0 Å². The Bertz CT molecular complexity index is 309. The van der Waals surface area contributed by atoms with E-state index in [9.17, 15) is 0 Å². The second-order valence-corrected chi connectivity index (χ2v) is 4.49. The molecule has 3 nitrogen and oxygen atoms in total. The third-order valence-corrected chi connectivity index (χ3v) is 2.81. The summed E-state index contributed by atoms with van der Waals surface area (Å²) in [6, 6.07) is 8.40. The van der Waals surface area contributed by atoms with E-state index in [-0.39, 0.29) is 12.7 Å². The van der Waals surface area contributed by atoms with Gasteiger partial charge in [0.25, 0.3) is 0 Å². The molecule has 1 atom stereocenters. The van der Waals surface area contributed by atoms with Gasteiger partial charge in [-0.2, -0.15) is 0 Å². The van der Waals surface area contributed by atoms with Gasteiger partial charge >= 0.3 is 0 Å². The van der Waals surface area contributed by atoms with Crippen LogP contribution in [-0.4, -0.2) is 24.9 Å². The lowest BCUT2D eigenvalue weighted by Crippen LogP contribution is -2.16. The quantitative estimate of drug-likeness (QED) is 0.715. The van der Waals surface area contributed by atoms with Crippen LogP contribution in [0.5, 0.6) is 0 Å². The van der Waals surface area contributed by atoms with Crippen molar-refractivity contribution in [2.75, 3.05) is 19.8 Å². The third-order valence-electron chi connectivity index (χ3n) is 2.81. The molecule has 96 valence electrons. The number of nitrogens with two attached hydrogens (primary N) is 1. The normalized spacial score (nSPS) is 13.0. The lowest BCUT2D eigenvalue weighted by Gasteiger charge is -2.17. The summed E-state index contributed by atoms with van der Waals surface area (Å²) in [5.41, 5.74) is 8.12. The van der Waals surface area contributed by atoms with Crippen LogP contribution in [0.15, 0.2) is 24.3 Å². The molecule has 0 saturated carbocycles. The predicted molar refractivity (Wildman–Crippen MR) is 70.0 cm³/mol. The van der Waals surface area contributed by atoms with Crippen LogP contribution < -0.4 is 5.73 Å². The third kappa shape index (κ3) is 4.46. The van der Waals surface area contributed by atoms with Gasteiger partial charge in [0.2, 0.25) is 0 Å². The van der Waals surface area contributed by atoms with Crippen LogP contribution in [0.4, 0.5) is 0 Å². The van der Waals surface area contributed by atoms with Gasteiger partial charge < -0.3 is 15.6 Å². The van der Waals surface area contributed by atoms with Crippen molar-refractivity contribution in [3.8, 4) is 0 Å². The molecule has 0 heterocycles. The van der Waals surface area contributed by atoms with Crippen molar-refractivity contribution in [3.05, 3.63) is 35.4 Å². The van der Waals surface area contributed by atoms with Crippen LogP contribution in [0.1, 0.15) is 43.4 Å². The maximum absolute atomic E-state index is 8.71. The van der Waals surface area contributed by atoms with Crippen molar-refractivity contribution in [1.82, 2.24) is 0 Å². The molecule has 3 heteroatoms. The van der Waals surface area contributed by atoms with Gasteiger partial charge in [-0.15, -0.1) is 0 Å². The van der Waals surface area contributed by atoms with Crippen molar-refractivity contribution in [2.24, 2.45) is 5.73 Å². The van der Waals surface area contributed by atoms with Crippen molar-refractivity contribution in [1.29, 1.82) is 0 Å². The largest absolute Gasteiger partial charge is 0.396 e. The minimum absolute atomic E-state index is 0.0669. The first-order chi connectivity index (χ1) is 8.19. The monoisotopic (exact) mass is 237 g/mol. The lowest BCUT2D eigenvalue weighted by atomic mass is 10.00. The molecule has 3 N–H and O–H groups in total. The fraction of sp³-hybridized carbons (Fsp3) is 0.571. The van der Waals surface area contributed by atoms with Gasteiger partial charge in [0.15, 0.2) is 0 Å². The summed E-state index contributed by atoms with van der Waals surface area (Å²) in [4.78, 5) is 0. The Kier molecular flexibility index (Phi) is 6.19. The number of rotatable bonds is 7. The maximum Gasteiger partial charge on any atom is 0.0947 e. The Morgan fingerprint density at radius 2 is 1.76 bits per heavy atom. The highest BCUT2D eigenvalue weighted by atomic mass is 16.5.